The second-order valence-electron chi connectivity index (χ2n) is 9.95. The van der Waals surface area contributed by atoms with E-state index in [2.05, 4.69) is 10.3 Å². The maximum Gasteiger partial charge on any atom is 0.253 e. The van der Waals surface area contributed by atoms with E-state index in [-0.39, 0.29) is 11.8 Å². The summed E-state index contributed by atoms with van der Waals surface area (Å²) in [6.45, 7) is 5.13. The van der Waals surface area contributed by atoms with E-state index in [4.69, 9.17) is 21.4 Å². The van der Waals surface area contributed by atoms with E-state index in [0.717, 1.165) is 60.2 Å². The summed E-state index contributed by atoms with van der Waals surface area (Å²) in [5.74, 6) is 0.382. The zero-order chi connectivity index (χ0) is 27.4. The van der Waals surface area contributed by atoms with Gasteiger partial charge in [0, 0.05) is 67.8 Å². The largest absolute Gasteiger partial charge is 0.383 e. The highest BCUT2D eigenvalue weighted by Gasteiger charge is 2.24. The van der Waals surface area contributed by atoms with E-state index < -0.39 is 0 Å². The number of methoxy groups -OCH3 is 1. The van der Waals surface area contributed by atoms with Crippen molar-refractivity contribution in [3.8, 4) is 11.3 Å². The summed E-state index contributed by atoms with van der Waals surface area (Å²) >= 11 is 5.93. The van der Waals surface area contributed by atoms with Crippen LogP contribution in [0.25, 0.3) is 22.2 Å². The number of carbonyl (C=O) groups excluding carboxylic acids is 2. The molecule has 0 unspecified atom stereocenters. The highest BCUT2D eigenvalue weighted by molar-refractivity contribution is 6.30. The number of nitrogens with zero attached hydrogens (tertiary/aromatic N) is 4. The quantitative estimate of drug-likeness (QED) is 0.315. The van der Waals surface area contributed by atoms with Crippen LogP contribution in [0.4, 0.5) is 0 Å². The second-order valence-corrected chi connectivity index (χ2v) is 10.4. The Hall–Kier alpha value is -3.75. The minimum atomic E-state index is -0.104. The van der Waals surface area contributed by atoms with E-state index in [1.165, 1.54) is 0 Å². The number of hydrogen-bond donors (Lipinski definition) is 1. The van der Waals surface area contributed by atoms with Gasteiger partial charge in [0.05, 0.1) is 22.8 Å². The van der Waals surface area contributed by atoms with Crippen molar-refractivity contribution in [2.75, 3.05) is 33.4 Å². The smallest absolute Gasteiger partial charge is 0.253 e. The predicted molar refractivity (Wildman–Crippen MR) is 152 cm³/mol. The van der Waals surface area contributed by atoms with Gasteiger partial charge in [0.25, 0.3) is 11.8 Å². The van der Waals surface area contributed by atoms with Gasteiger partial charge in [0.1, 0.15) is 0 Å². The number of nitrogens with one attached hydrogen (secondary N) is 1. The van der Waals surface area contributed by atoms with Crippen molar-refractivity contribution in [3.05, 3.63) is 82.6 Å². The molecule has 3 heterocycles. The van der Waals surface area contributed by atoms with Gasteiger partial charge in [-0.3, -0.25) is 19.3 Å². The van der Waals surface area contributed by atoms with Gasteiger partial charge < -0.3 is 15.0 Å². The summed E-state index contributed by atoms with van der Waals surface area (Å²) in [6.07, 6.45) is 5.49. The molecule has 202 valence electrons. The molecule has 1 aliphatic heterocycles. The SMILES string of the molecule is COCCNC(=O)c1ccc2nn(CC3CCN(C(=O)c4ccc(-c5ccc(Cl)cn5)cc4)CC3)cc2c1C. The molecule has 0 spiro atoms. The van der Waals surface area contributed by atoms with Gasteiger partial charge in [-0.1, -0.05) is 23.7 Å². The lowest BCUT2D eigenvalue weighted by Gasteiger charge is -2.32. The molecule has 0 bridgehead atoms. The molecular formula is C30H32ClN5O3. The Morgan fingerprint density at radius 3 is 2.54 bits per heavy atom. The lowest BCUT2D eigenvalue weighted by molar-refractivity contribution is 0.0681. The minimum Gasteiger partial charge on any atom is -0.383 e. The summed E-state index contributed by atoms with van der Waals surface area (Å²) in [5.41, 5.74) is 4.91. The number of ether oxygens (including phenoxy) is 1. The summed E-state index contributed by atoms with van der Waals surface area (Å²) in [7, 11) is 1.61. The van der Waals surface area contributed by atoms with E-state index >= 15 is 0 Å². The van der Waals surface area contributed by atoms with Crippen LogP contribution >= 0.6 is 11.6 Å². The van der Waals surface area contributed by atoms with Gasteiger partial charge in [-0.2, -0.15) is 5.10 Å². The molecule has 2 amide bonds. The molecule has 8 nitrogen and oxygen atoms in total. The van der Waals surface area contributed by atoms with Gasteiger partial charge in [0.2, 0.25) is 0 Å². The zero-order valence-electron chi connectivity index (χ0n) is 22.2. The lowest BCUT2D eigenvalue weighted by atomic mass is 9.96. The molecule has 0 saturated carbocycles. The van der Waals surface area contributed by atoms with E-state index in [1.54, 1.807) is 13.3 Å². The third-order valence-corrected chi connectivity index (χ3v) is 7.57. The lowest BCUT2D eigenvalue weighted by Crippen LogP contribution is -2.39. The van der Waals surface area contributed by atoms with Gasteiger partial charge in [-0.25, -0.2) is 0 Å². The monoisotopic (exact) mass is 545 g/mol. The Balaban J connectivity index is 1.17. The van der Waals surface area contributed by atoms with Crippen LogP contribution < -0.4 is 5.32 Å². The zero-order valence-corrected chi connectivity index (χ0v) is 22.9. The Kier molecular flexibility index (Phi) is 8.24. The number of benzene rings is 2. The fraction of sp³-hybridized carbons (Fsp3) is 0.333. The molecule has 1 fully saturated rings. The number of halogens is 1. The van der Waals surface area contributed by atoms with Gasteiger partial charge >= 0.3 is 0 Å². The van der Waals surface area contributed by atoms with Crippen LogP contribution in [-0.2, 0) is 11.3 Å². The molecule has 0 atom stereocenters. The maximum absolute atomic E-state index is 13.1. The summed E-state index contributed by atoms with van der Waals surface area (Å²) in [5, 5.41) is 9.22. The average Bonchev–Trinajstić information content (AvgIpc) is 3.37. The Morgan fingerprint density at radius 2 is 1.85 bits per heavy atom. The fourth-order valence-electron chi connectivity index (χ4n) is 5.08. The number of aryl methyl sites for hydroxylation is 1. The molecule has 39 heavy (non-hydrogen) atoms. The van der Waals surface area contributed by atoms with Crippen molar-refractivity contribution >= 4 is 34.3 Å². The highest BCUT2D eigenvalue weighted by Crippen LogP contribution is 2.25. The number of piperidine rings is 1. The van der Waals surface area contributed by atoms with Crippen LogP contribution in [0.2, 0.25) is 5.02 Å². The number of amides is 2. The summed E-state index contributed by atoms with van der Waals surface area (Å²) < 4.78 is 7.00. The first kappa shape index (κ1) is 26.8. The fourth-order valence-corrected chi connectivity index (χ4v) is 5.19. The molecule has 0 aliphatic carbocycles. The molecule has 9 heteroatoms. The summed E-state index contributed by atoms with van der Waals surface area (Å²) in [6, 6.07) is 15.0. The average molecular weight is 546 g/mol. The molecule has 1 saturated heterocycles. The van der Waals surface area contributed by atoms with Crippen LogP contribution in [0.15, 0.2) is 60.9 Å². The first-order chi connectivity index (χ1) is 18.9. The number of pyridine rings is 1. The van der Waals surface area contributed by atoms with Gasteiger partial charge in [-0.15, -0.1) is 0 Å². The van der Waals surface area contributed by atoms with Crippen LogP contribution in [0.1, 0.15) is 39.1 Å². The Labute approximate surface area is 232 Å². The third kappa shape index (κ3) is 6.13. The highest BCUT2D eigenvalue weighted by atomic mass is 35.5. The van der Waals surface area contributed by atoms with Crippen LogP contribution in [0.3, 0.4) is 0 Å². The molecule has 5 rings (SSSR count). The van der Waals surface area contributed by atoms with Crippen molar-refractivity contribution in [3.63, 3.8) is 0 Å². The standard InChI is InChI=1S/C30H32ClN5O3/c1-20-25(29(37)32-13-16-39-2)8-10-28-26(20)19-36(34-28)18-21-11-14-35(15-12-21)30(38)23-5-3-22(4-6-23)27-9-7-24(31)17-33-27/h3-10,17,19,21H,11-16,18H2,1-2H3,(H,32,37). The van der Waals surface area contributed by atoms with E-state index in [9.17, 15) is 9.59 Å². The number of carbonyl (C=O) groups is 2. The second kappa shape index (κ2) is 12.0. The molecule has 2 aromatic heterocycles. The first-order valence-corrected chi connectivity index (χ1v) is 13.6. The number of fused-ring (bicyclic) bond motifs is 1. The van der Waals surface area contributed by atoms with Crippen molar-refractivity contribution in [1.29, 1.82) is 0 Å². The van der Waals surface area contributed by atoms with Gasteiger partial charge in [0.15, 0.2) is 0 Å². The molecule has 0 radical (unpaired) electrons. The summed E-state index contributed by atoms with van der Waals surface area (Å²) in [4.78, 5) is 32.0. The molecule has 1 aliphatic rings. The van der Waals surface area contributed by atoms with Crippen molar-refractivity contribution < 1.29 is 14.3 Å². The maximum atomic E-state index is 13.1. The number of aromatic nitrogens is 3. The normalized spacial score (nSPS) is 14.1. The molecular weight excluding hydrogens is 514 g/mol. The predicted octanol–water partition coefficient (Wildman–Crippen LogP) is 4.99. The topological polar surface area (TPSA) is 89.4 Å². The van der Waals surface area contributed by atoms with Crippen molar-refractivity contribution in [1.82, 2.24) is 25.0 Å². The molecule has 4 aromatic rings. The molecule has 2 aromatic carbocycles. The Bertz CT molecular complexity index is 1460. The van der Waals surface area contributed by atoms with E-state index in [0.29, 0.717) is 35.2 Å². The van der Waals surface area contributed by atoms with Gasteiger partial charge in [-0.05, 0) is 67.6 Å². The first-order valence-electron chi connectivity index (χ1n) is 13.2. The van der Waals surface area contributed by atoms with Crippen molar-refractivity contribution in [2.45, 2.75) is 26.3 Å². The third-order valence-electron chi connectivity index (χ3n) is 7.34. The van der Waals surface area contributed by atoms with E-state index in [1.807, 2.05) is 71.2 Å². The number of hydrogen-bond acceptors (Lipinski definition) is 5. The molecule has 1 N–H and O–H groups in total. The number of likely N-dealkylation sites (tertiary alicyclic amines) is 1. The van der Waals surface area contributed by atoms with Crippen LogP contribution in [0.5, 0.6) is 0 Å². The Morgan fingerprint density at radius 1 is 1.08 bits per heavy atom. The minimum absolute atomic E-state index is 0.0563. The van der Waals surface area contributed by atoms with Crippen molar-refractivity contribution in [2.24, 2.45) is 5.92 Å². The van der Waals surface area contributed by atoms with Crippen LogP contribution in [-0.4, -0.2) is 64.8 Å². The number of rotatable bonds is 8. The van der Waals surface area contributed by atoms with Crippen LogP contribution in [0, 0.1) is 12.8 Å².